The highest BCUT2D eigenvalue weighted by molar-refractivity contribution is 6.24. The van der Waals surface area contributed by atoms with Gasteiger partial charge in [-0.1, -0.05) is 18.6 Å². The molecule has 31 heavy (non-hydrogen) atoms. The van der Waals surface area contributed by atoms with E-state index in [2.05, 4.69) is 10.6 Å². The molecule has 3 rings (SSSR count). The Balaban J connectivity index is 1.64. The molecule has 10 heteroatoms. The van der Waals surface area contributed by atoms with Crippen LogP contribution in [-0.2, 0) is 25.6 Å². The van der Waals surface area contributed by atoms with Gasteiger partial charge < -0.3 is 11.1 Å². The molecule has 0 spiro atoms. The Morgan fingerprint density at radius 2 is 1.87 bits per heavy atom. The van der Waals surface area contributed by atoms with Gasteiger partial charge in [-0.2, -0.15) is 0 Å². The molecule has 164 valence electrons. The van der Waals surface area contributed by atoms with Crippen LogP contribution < -0.4 is 16.4 Å². The van der Waals surface area contributed by atoms with Gasteiger partial charge in [0.15, 0.2) is 0 Å². The standard InChI is InChI=1S/C21H24N4O6/c22-15(26)7-2-1-3-10-23-17(28)11-12-5-4-6-13-18(12)21(31)25(20(13)30)14-8-9-16(27)24-19(14)29/h4-6,14H,1-3,7-11H2,(H2,22,26)(H,23,28)(H,24,27,29). The lowest BCUT2D eigenvalue weighted by molar-refractivity contribution is -0.136. The molecular weight excluding hydrogens is 404 g/mol. The van der Waals surface area contributed by atoms with Crippen LogP contribution in [0.15, 0.2) is 18.2 Å². The number of benzene rings is 1. The number of nitrogens with zero attached hydrogens (tertiary/aromatic N) is 1. The first kappa shape index (κ1) is 22.1. The van der Waals surface area contributed by atoms with Crippen molar-refractivity contribution in [2.45, 2.75) is 51.0 Å². The number of rotatable bonds is 9. The van der Waals surface area contributed by atoms with Crippen molar-refractivity contribution < 1.29 is 28.8 Å². The number of primary amides is 1. The molecule has 0 bridgehead atoms. The van der Waals surface area contributed by atoms with Crippen LogP contribution in [0.4, 0.5) is 0 Å². The molecule has 1 fully saturated rings. The predicted octanol–water partition coefficient (Wildman–Crippen LogP) is -0.208. The van der Waals surface area contributed by atoms with Gasteiger partial charge in [0.25, 0.3) is 11.8 Å². The van der Waals surface area contributed by atoms with E-state index in [4.69, 9.17) is 5.73 Å². The number of carbonyl (C=O) groups excluding carboxylic acids is 6. The Bertz CT molecular complexity index is 957. The van der Waals surface area contributed by atoms with Crippen molar-refractivity contribution in [3.8, 4) is 0 Å². The van der Waals surface area contributed by atoms with Crippen molar-refractivity contribution in [1.82, 2.24) is 15.5 Å². The third-order valence-corrected chi connectivity index (χ3v) is 5.33. The van der Waals surface area contributed by atoms with Gasteiger partial charge in [-0.05, 0) is 30.9 Å². The van der Waals surface area contributed by atoms with Crippen molar-refractivity contribution in [1.29, 1.82) is 0 Å². The average Bonchev–Trinajstić information content (AvgIpc) is 2.96. The molecule has 2 aliphatic heterocycles. The number of carbonyl (C=O) groups is 6. The molecule has 2 aliphatic rings. The van der Waals surface area contributed by atoms with Gasteiger partial charge in [-0.3, -0.25) is 39.0 Å². The molecular formula is C21H24N4O6. The lowest BCUT2D eigenvalue weighted by Gasteiger charge is -2.27. The van der Waals surface area contributed by atoms with Crippen LogP contribution in [0.5, 0.6) is 0 Å². The summed E-state index contributed by atoms with van der Waals surface area (Å²) < 4.78 is 0. The van der Waals surface area contributed by atoms with Crippen LogP contribution in [0, 0.1) is 0 Å². The predicted molar refractivity (Wildman–Crippen MR) is 107 cm³/mol. The van der Waals surface area contributed by atoms with E-state index in [1.54, 1.807) is 12.1 Å². The van der Waals surface area contributed by atoms with E-state index in [0.717, 1.165) is 11.3 Å². The minimum Gasteiger partial charge on any atom is -0.370 e. The van der Waals surface area contributed by atoms with E-state index < -0.39 is 29.7 Å². The number of hydrogen-bond donors (Lipinski definition) is 3. The summed E-state index contributed by atoms with van der Waals surface area (Å²) in [6.07, 6.45) is 2.42. The number of fused-ring (bicyclic) bond motifs is 1. The smallest absolute Gasteiger partial charge is 0.262 e. The maximum atomic E-state index is 13.0. The summed E-state index contributed by atoms with van der Waals surface area (Å²) in [5.41, 5.74) is 5.74. The lowest BCUT2D eigenvalue weighted by atomic mass is 10.00. The number of unbranched alkanes of at least 4 members (excludes halogenated alkanes) is 2. The molecule has 0 aliphatic carbocycles. The Labute approximate surface area is 178 Å². The van der Waals surface area contributed by atoms with E-state index >= 15 is 0 Å². The summed E-state index contributed by atoms with van der Waals surface area (Å²) in [6, 6.07) is 3.63. The van der Waals surface area contributed by atoms with Crippen LogP contribution >= 0.6 is 0 Å². The first-order chi connectivity index (χ1) is 14.8. The molecule has 1 saturated heterocycles. The number of piperidine rings is 1. The number of nitrogens with two attached hydrogens (primary N) is 1. The number of hydrogen-bond acceptors (Lipinski definition) is 6. The maximum absolute atomic E-state index is 13.0. The summed E-state index contributed by atoms with van der Waals surface area (Å²) in [6.45, 7) is 0.419. The zero-order chi connectivity index (χ0) is 22.5. The molecule has 0 aromatic heterocycles. The minimum absolute atomic E-state index is 0.0402. The molecule has 0 saturated carbocycles. The summed E-state index contributed by atoms with van der Waals surface area (Å²) in [7, 11) is 0. The summed E-state index contributed by atoms with van der Waals surface area (Å²) in [5.74, 6) is -3.02. The number of amides is 6. The fourth-order valence-corrected chi connectivity index (χ4v) is 3.80. The SMILES string of the molecule is NC(=O)CCCCCNC(=O)Cc1cccc2c1C(=O)N(C1CCC(=O)NC1=O)C2=O. The molecule has 1 aromatic carbocycles. The van der Waals surface area contributed by atoms with Crippen molar-refractivity contribution in [3.63, 3.8) is 0 Å². The Morgan fingerprint density at radius 1 is 1.10 bits per heavy atom. The van der Waals surface area contributed by atoms with Gasteiger partial charge in [-0.25, -0.2) is 0 Å². The first-order valence-electron chi connectivity index (χ1n) is 10.2. The molecule has 6 amide bonds. The van der Waals surface area contributed by atoms with Gasteiger partial charge in [0.1, 0.15) is 6.04 Å². The van der Waals surface area contributed by atoms with Crippen LogP contribution in [0.2, 0.25) is 0 Å². The molecule has 2 heterocycles. The second-order valence-corrected chi connectivity index (χ2v) is 7.59. The topological polar surface area (TPSA) is 156 Å². The molecule has 0 radical (unpaired) electrons. The van der Waals surface area contributed by atoms with Gasteiger partial charge in [0, 0.05) is 19.4 Å². The largest absolute Gasteiger partial charge is 0.370 e. The van der Waals surface area contributed by atoms with Crippen molar-refractivity contribution >= 4 is 35.4 Å². The Kier molecular flexibility index (Phi) is 6.78. The molecule has 1 unspecified atom stereocenters. The van der Waals surface area contributed by atoms with E-state index in [0.29, 0.717) is 31.4 Å². The number of imide groups is 2. The van der Waals surface area contributed by atoms with Crippen molar-refractivity contribution in [2.75, 3.05) is 6.54 Å². The van der Waals surface area contributed by atoms with Crippen LogP contribution in [0.3, 0.4) is 0 Å². The van der Waals surface area contributed by atoms with Crippen LogP contribution in [0.1, 0.15) is 64.8 Å². The van der Waals surface area contributed by atoms with Crippen molar-refractivity contribution in [3.05, 3.63) is 34.9 Å². The van der Waals surface area contributed by atoms with E-state index in [1.807, 2.05) is 0 Å². The third-order valence-electron chi connectivity index (χ3n) is 5.33. The first-order valence-corrected chi connectivity index (χ1v) is 10.2. The average molecular weight is 428 g/mol. The zero-order valence-electron chi connectivity index (χ0n) is 16.9. The quantitative estimate of drug-likeness (QED) is 0.365. The summed E-state index contributed by atoms with van der Waals surface area (Å²) >= 11 is 0. The van der Waals surface area contributed by atoms with Crippen LogP contribution in [-0.4, -0.2) is 52.9 Å². The number of nitrogens with one attached hydrogen (secondary N) is 2. The van der Waals surface area contributed by atoms with E-state index in [1.165, 1.54) is 6.07 Å². The summed E-state index contributed by atoms with van der Waals surface area (Å²) in [5, 5.41) is 4.91. The van der Waals surface area contributed by atoms with Crippen molar-refractivity contribution in [2.24, 2.45) is 5.73 Å². The highest BCUT2D eigenvalue weighted by Gasteiger charge is 2.45. The van der Waals surface area contributed by atoms with Gasteiger partial charge in [0.2, 0.25) is 23.6 Å². The molecule has 1 aromatic rings. The third kappa shape index (κ3) is 4.96. The highest BCUT2D eigenvalue weighted by atomic mass is 16.2. The highest BCUT2D eigenvalue weighted by Crippen LogP contribution is 2.30. The second-order valence-electron chi connectivity index (χ2n) is 7.59. The Morgan fingerprint density at radius 3 is 2.58 bits per heavy atom. The monoisotopic (exact) mass is 428 g/mol. The fraction of sp³-hybridized carbons (Fsp3) is 0.429. The molecule has 4 N–H and O–H groups in total. The maximum Gasteiger partial charge on any atom is 0.262 e. The normalized spacial score (nSPS) is 18.1. The fourth-order valence-electron chi connectivity index (χ4n) is 3.80. The Hall–Kier alpha value is -3.56. The zero-order valence-corrected chi connectivity index (χ0v) is 16.9. The van der Waals surface area contributed by atoms with E-state index in [9.17, 15) is 28.8 Å². The second kappa shape index (κ2) is 9.50. The lowest BCUT2D eigenvalue weighted by Crippen LogP contribution is -2.54. The molecule has 1 atom stereocenters. The van der Waals surface area contributed by atoms with E-state index in [-0.39, 0.29) is 42.2 Å². The van der Waals surface area contributed by atoms with Gasteiger partial charge in [-0.15, -0.1) is 0 Å². The summed E-state index contributed by atoms with van der Waals surface area (Å²) in [4.78, 5) is 73.2. The van der Waals surface area contributed by atoms with Crippen LogP contribution in [0.25, 0.3) is 0 Å². The van der Waals surface area contributed by atoms with Gasteiger partial charge in [0.05, 0.1) is 17.5 Å². The van der Waals surface area contributed by atoms with Gasteiger partial charge >= 0.3 is 0 Å². The molecule has 10 nitrogen and oxygen atoms in total. The minimum atomic E-state index is -1.05.